The van der Waals surface area contributed by atoms with Crippen molar-refractivity contribution in [3.05, 3.63) is 47.5 Å². The first-order chi connectivity index (χ1) is 12.7. The molecule has 0 aliphatic carbocycles. The van der Waals surface area contributed by atoms with Crippen LogP contribution in [0.4, 0.5) is 11.4 Å². The molecule has 6 nitrogen and oxygen atoms in total. The molecular weight excluding hydrogens is 408 g/mol. The summed E-state index contributed by atoms with van der Waals surface area (Å²) in [6.07, 6.45) is -0.190. The van der Waals surface area contributed by atoms with E-state index in [4.69, 9.17) is 11.6 Å². The van der Waals surface area contributed by atoms with E-state index in [2.05, 4.69) is 10.6 Å². The van der Waals surface area contributed by atoms with Crippen molar-refractivity contribution in [2.45, 2.75) is 28.4 Å². The van der Waals surface area contributed by atoms with E-state index in [1.54, 1.807) is 37.3 Å². The summed E-state index contributed by atoms with van der Waals surface area (Å²) >= 11 is 7.23. The van der Waals surface area contributed by atoms with Gasteiger partial charge in [0.1, 0.15) is 0 Å². The predicted octanol–water partition coefficient (Wildman–Crippen LogP) is 3.58. The number of halogens is 1. The molecule has 0 saturated carbocycles. The maximum atomic E-state index is 12.6. The van der Waals surface area contributed by atoms with Crippen LogP contribution in [-0.2, 0) is 19.4 Å². The molecule has 0 spiro atoms. The number of hydrogen-bond donors (Lipinski definition) is 2. The molecule has 27 heavy (non-hydrogen) atoms. The van der Waals surface area contributed by atoms with E-state index in [9.17, 15) is 18.0 Å². The van der Waals surface area contributed by atoms with E-state index in [-0.39, 0.29) is 28.2 Å². The van der Waals surface area contributed by atoms with Gasteiger partial charge in [-0.25, -0.2) is 8.42 Å². The van der Waals surface area contributed by atoms with Gasteiger partial charge in [-0.2, -0.15) is 0 Å². The summed E-state index contributed by atoms with van der Waals surface area (Å²) in [6, 6.07) is 11.2. The van der Waals surface area contributed by atoms with Gasteiger partial charge in [-0.1, -0.05) is 17.7 Å². The van der Waals surface area contributed by atoms with Crippen LogP contribution in [0.15, 0.2) is 52.3 Å². The first-order valence-corrected chi connectivity index (χ1v) is 11.1. The highest BCUT2D eigenvalue weighted by molar-refractivity contribution is 8.01. The highest BCUT2D eigenvalue weighted by Crippen LogP contribution is 2.36. The minimum absolute atomic E-state index is 0.0762. The van der Waals surface area contributed by atoms with Crippen molar-refractivity contribution >= 4 is 56.4 Å². The number of carbonyl (C=O) groups excluding carboxylic acids is 2. The first kappa shape index (κ1) is 19.7. The third-order valence-electron chi connectivity index (χ3n) is 3.95. The number of anilines is 2. The van der Waals surface area contributed by atoms with Gasteiger partial charge in [0.15, 0.2) is 9.84 Å². The van der Waals surface area contributed by atoms with Crippen molar-refractivity contribution in [1.29, 1.82) is 0 Å². The van der Waals surface area contributed by atoms with Crippen LogP contribution in [0, 0.1) is 0 Å². The number of amides is 2. The lowest BCUT2D eigenvalue weighted by Crippen LogP contribution is -2.26. The number of rotatable bonds is 5. The molecule has 1 aliphatic rings. The van der Waals surface area contributed by atoms with Gasteiger partial charge in [0.05, 0.1) is 21.6 Å². The Morgan fingerprint density at radius 3 is 2.78 bits per heavy atom. The SMILES string of the molecule is CC1Sc2ccc(S(=O)(=O)CCC(=O)Nc3cccc(Cl)c3)cc2NC1=O. The zero-order valence-corrected chi connectivity index (χ0v) is 16.7. The van der Waals surface area contributed by atoms with Crippen LogP contribution in [0.25, 0.3) is 0 Å². The summed E-state index contributed by atoms with van der Waals surface area (Å²) in [6.45, 7) is 1.78. The fraction of sp³-hybridized carbons (Fsp3) is 0.222. The van der Waals surface area contributed by atoms with Gasteiger partial charge in [-0.15, -0.1) is 11.8 Å². The summed E-state index contributed by atoms with van der Waals surface area (Å²) in [5, 5.41) is 5.58. The Morgan fingerprint density at radius 2 is 2.04 bits per heavy atom. The van der Waals surface area contributed by atoms with Gasteiger partial charge in [0.2, 0.25) is 11.8 Å². The molecule has 2 amide bonds. The van der Waals surface area contributed by atoms with Crippen LogP contribution in [-0.4, -0.2) is 31.2 Å². The molecule has 0 saturated heterocycles. The average Bonchev–Trinajstić information content (AvgIpc) is 2.61. The van der Waals surface area contributed by atoms with Crippen molar-refractivity contribution in [1.82, 2.24) is 0 Å². The highest BCUT2D eigenvalue weighted by Gasteiger charge is 2.25. The minimum atomic E-state index is -3.67. The molecule has 0 fully saturated rings. The number of nitrogens with one attached hydrogen (secondary N) is 2. The third kappa shape index (κ3) is 4.82. The maximum Gasteiger partial charge on any atom is 0.237 e. The van der Waals surface area contributed by atoms with Crippen LogP contribution >= 0.6 is 23.4 Å². The molecule has 1 unspecified atom stereocenters. The molecule has 2 N–H and O–H groups in total. The Balaban J connectivity index is 1.67. The lowest BCUT2D eigenvalue weighted by molar-refractivity contribution is -0.116. The zero-order chi connectivity index (χ0) is 19.6. The van der Waals surface area contributed by atoms with Gasteiger partial charge >= 0.3 is 0 Å². The molecule has 0 bridgehead atoms. The van der Waals surface area contributed by atoms with Crippen molar-refractivity contribution in [3.63, 3.8) is 0 Å². The zero-order valence-electron chi connectivity index (χ0n) is 14.4. The monoisotopic (exact) mass is 424 g/mol. The largest absolute Gasteiger partial charge is 0.326 e. The smallest absolute Gasteiger partial charge is 0.237 e. The predicted molar refractivity (Wildman–Crippen MR) is 107 cm³/mol. The van der Waals surface area contributed by atoms with Crippen LogP contribution in [0.5, 0.6) is 0 Å². The molecule has 9 heteroatoms. The Kier molecular flexibility index (Phi) is 5.78. The quantitative estimate of drug-likeness (QED) is 0.765. The number of fused-ring (bicyclic) bond motifs is 1. The van der Waals surface area contributed by atoms with E-state index in [1.807, 2.05) is 0 Å². The molecule has 3 rings (SSSR count). The van der Waals surface area contributed by atoms with Crippen molar-refractivity contribution in [2.24, 2.45) is 0 Å². The molecule has 2 aromatic rings. The fourth-order valence-electron chi connectivity index (χ4n) is 2.52. The summed E-state index contributed by atoms with van der Waals surface area (Å²) in [7, 11) is -3.67. The molecule has 142 valence electrons. The van der Waals surface area contributed by atoms with Gasteiger partial charge < -0.3 is 10.6 Å². The fourth-order valence-corrected chi connectivity index (χ4v) is 4.90. The molecule has 1 heterocycles. The maximum absolute atomic E-state index is 12.6. The van der Waals surface area contributed by atoms with Crippen molar-refractivity contribution < 1.29 is 18.0 Å². The second-order valence-electron chi connectivity index (χ2n) is 6.03. The van der Waals surface area contributed by atoms with Crippen LogP contribution in [0.2, 0.25) is 5.02 Å². The standard InChI is InChI=1S/C18H17ClN2O4S2/c1-11-18(23)21-15-10-14(5-6-16(15)26-11)27(24,25)8-7-17(22)20-13-4-2-3-12(19)9-13/h2-6,9-11H,7-8H2,1H3,(H,20,22)(H,21,23). The third-order valence-corrected chi connectivity index (χ3v) is 7.07. The van der Waals surface area contributed by atoms with E-state index in [1.165, 1.54) is 23.9 Å². The number of hydrogen-bond acceptors (Lipinski definition) is 5. The Morgan fingerprint density at radius 1 is 1.26 bits per heavy atom. The topological polar surface area (TPSA) is 92.3 Å². The number of benzene rings is 2. The van der Waals surface area contributed by atoms with Gasteiger partial charge in [-0.3, -0.25) is 9.59 Å². The van der Waals surface area contributed by atoms with E-state index < -0.39 is 15.7 Å². The number of carbonyl (C=O) groups is 2. The lowest BCUT2D eigenvalue weighted by Gasteiger charge is -2.21. The molecular formula is C18H17ClN2O4S2. The normalized spacial score (nSPS) is 16.4. The molecule has 1 atom stereocenters. The van der Waals surface area contributed by atoms with Gasteiger partial charge in [0, 0.05) is 22.0 Å². The van der Waals surface area contributed by atoms with Gasteiger partial charge in [0.25, 0.3) is 0 Å². The van der Waals surface area contributed by atoms with Crippen LogP contribution < -0.4 is 10.6 Å². The molecule has 2 aromatic carbocycles. The molecule has 0 aromatic heterocycles. The summed E-state index contributed by atoms with van der Waals surface area (Å²) < 4.78 is 25.1. The molecule has 1 aliphatic heterocycles. The summed E-state index contributed by atoms with van der Waals surface area (Å²) in [4.78, 5) is 24.7. The Bertz CT molecular complexity index is 1010. The first-order valence-electron chi connectivity index (χ1n) is 8.14. The van der Waals surface area contributed by atoms with Crippen molar-refractivity contribution in [3.8, 4) is 0 Å². The lowest BCUT2D eigenvalue weighted by atomic mass is 10.3. The molecule has 0 radical (unpaired) electrons. The average molecular weight is 425 g/mol. The highest BCUT2D eigenvalue weighted by atomic mass is 35.5. The summed E-state index contributed by atoms with van der Waals surface area (Å²) in [5.74, 6) is -0.921. The van der Waals surface area contributed by atoms with Gasteiger partial charge in [-0.05, 0) is 43.3 Å². The summed E-state index contributed by atoms with van der Waals surface area (Å²) in [5.41, 5.74) is 0.986. The second kappa shape index (κ2) is 7.92. The Hall–Kier alpha value is -2.03. The number of thioether (sulfide) groups is 1. The van der Waals surface area contributed by atoms with E-state index >= 15 is 0 Å². The number of sulfone groups is 1. The second-order valence-corrected chi connectivity index (χ2v) is 9.96. The van der Waals surface area contributed by atoms with Crippen LogP contribution in [0.3, 0.4) is 0 Å². The minimum Gasteiger partial charge on any atom is -0.326 e. The van der Waals surface area contributed by atoms with E-state index in [0.717, 1.165) is 4.90 Å². The van der Waals surface area contributed by atoms with Crippen molar-refractivity contribution in [2.75, 3.05) is 16.4 Å². The van der Waals surface area contributed by atoms with Crippen LogP contribution in [0.1, 0.15) is 13.3 Å². The Labute approximate surface area is 166 Å². The van der Waals surface area contributed by atoms with E-state index in [0.29, 0.717) is 16.4 Å².